The third kappa shape index (κ3) is 4.08. The van der Waals surface area contributed by atoms with Gasteiger partial charge in [-0.25, -0.2) is 14.2 Å². The minimum atomic E-state index is -0.889. The number of carbonyl (C=O) groups is 1. The second-order valence-corrected chi connectivity index (χ2v) is 5.03. The Labute approximate surface area is 153 Å². The summed E-state index contributed by atoms with van der Waals surface area (Å²) in [6.07, 6.45) is 0. The molecular formula is C17H14FN7O2. The fourth-order valence-electron chi connectivity index (χ4n) is 2.06. The Morgan fingerprint density at radius 2 is 1.89 bits per heavy atom. The third-order valence-electron chi connectivity index (χ3n) is 3.32. The van der Waals surface area contributed by atoms with Crippen LogP contribution >= 0.6 is 0 Å². The Morgan fingerprint density at radius 3 is 2.44 bits per heavy atom. The van der Waals surface area contributed by atoms with Crippen molar-refractivity contribution >= 4 is 28.9 Å². The monoisotopic (exact) mass is 367 g/mol. The lowest BCUT2D eigenvalue weighted by Crippen LogP contribution is -2.24. The first-order chi connectivity index (χ1) is 12.9. The number of esters is 1. The molecule has 2 rings (SSSR count). The number of nitrogens with zero attached hydrogens (tertiary/aromatic N) is 4. The Bertz CT molecular complexity index is 988. The molecule has 0 spiro atoms. The molecule has 0 aliphatic heterocycles. The molecular weight excluding hydrogens is 353 g/mol. The van der Waals surface area contributed by atoms with Crippen molar-refractivity contribution in [2.45, 2.75) is 6.92 Å². The molecule has 27 heavy (non-hydrogen) atoms. The average Bonchev–Trinajstić information content (AvgIpc) is 2.64. The Hall–Kier alpha value is -4.18. The number of pyridine rings is 1. The highest BCUT2D eigenvalue weighted by Gasteiger charge is 2.25. The van der Waals surface area contributed by atoms with Crippen LogP contribution in [0.4, 0.5) is 21.6 Å². The Kier molecular flexibility index (Phi) is 5.86. The number of nitrogens with one attached hydrogen (secondary N) is 1. The van der Waals surface area contributed by atoms with Gasteiger partial charge in [0.2, 0.25) is 0 Å². The number of halogens is 1. The van der Waals surface area contributed by atoms with Gasteiger partial charge in [0, 0.05) is 0 Å². The lowest BCUT2D eigenvalue weighted by molar-refractivity contribution is -0.134. The van der Waals surface area contributed by atoms with E-state index in [2.05, 4.69) is 15.5 Å². The number of nitrogen functional groups attached to an aromatic ring is 2. The van der Waals surface area contributed by atoms with Gasteiger partial charge in [0.05, 0.1) is 18.0 Å². The lowest BCUT2D eigenvalue weighted by Gasteiger charge is -2.11. The highest BCUT2D eigenvalue weighted by atomic mass is 19.1. The van der Waals surface area contributed by atoms with E-state index in [1.54, 1.807) is 19.1 Å². The number of aromatic nitrogens is 1. The standard InChI is InChI=1S/C17H14FN7O2/c1-2-27-17(26)15(25-24-10-5-3-9(18)4-6-10)14-11(7-19)13(21)12(8-20)16(22)23-14/h3-6,24H,2H2,1H3,(H4,21,22,23)/b25-15+. The van der Waals surface area contributed by atoms with Crippen molar-refractivity contribution in [1.82, 2.24) is 4.98 Å². The van der Waals surface area contributed by atoms with Crippen molar-refractivity contribution in [3.8, 4) is 12.1 Å². The Balaban J connectivity index is 2.60. The molecule has 2 aromatic rings. The molecule has 0 aliphatic carbocycles. The molecule has 0 saturated heterocycles. The zero-order chi connectivity index (χ0) is 20.0. The summed E-state index contributed by atoms with van der Waals surface area (Å²) in [4.78, 5) is 16.2. The maximum absolute atomic E-state index is 13.0. The molecule has 1 heterocycles. The molecule has 10 heteroatoms. The highest BCUT2D eigenvalue weighted by Crippen LogP contribution is 2.24. The summed E-state index contributed by atoms with van der Waals surface area (Å²) >= 11 is 0. The second-order valence-electron chi connectivity index (χ2n) is 5.03. The summed E-state index contributed by atoms with van der Waals surface area (Å²) in [5, 5.41) is 22.4. The van der Waals surface area contributed by atoms with Crippen molar-refractivity contribution in [3.05, 3.63) is 46.9 Å². The van der Waals surface area contributed by atoms with Gasteiger partial charge in [0.1, 0.15) is 40.6 Å². The van der Waals surface area contributed by atoms with Crippen LogP contribution in [0.2, 0.25) is 0 Å². The summed E-state index contributed by atoms with van der Waals surface area (Å²) < 4.78 is 17.9. The molecule has 0 unspecified atom stereocenters. The first-order valence-corrected chi connectivity index (χ1v) is 7.58. The smallest absolute Gasteiger partial charge is 0.361 e. The summed E-state index contributed by atoms with van der Waals surface area (Å²) in [7, 11) is 0. The molecule has 136 valence electrons. The zero-order valence-electron chi connectivity index (χ0n) is 14.2. The Morgan fingerprint density at radius 1 is 1.26 bits per heavy atom. The molecule has 0 aliphatic rings. The molecule has 5 N–H and O–H groups in total. The van der Waals surface area contributed by atoms with E-state index in [0.717, 1.165) is 0 Å². The quantitative estimate of drug-likeness (QED) is 0.406. The van der Waals surface area contributed by atoms with E-state index in [1.165, 1.54) is 24.3 Å². The van der Waals surface area contributed by atoms with Crippen molar-refractivity contribution in [3.63, 3.8) is 0 Å². The van der Waals surface area contributed by atoms with E-state index in [-0.39, 0.29) is 40.6 Å². The number of carbonyl (C=O) groups excluding carboxylic acids is 1. The van der Waals surface area contributed by atoms with Crippen molar-refractivity contribution in [2.24, 2.45) is 5.10 Å². The molecule has 9 nitrogen and oxygen atoms in total. The summed E-state index contributed by atoms with van der Waals surface area (Å²) in [6.45, 7) is 1.63. The van der Waals surface area contributed by atoms with Crippen LogP contribution < -0.4 is 16.9 Å². The maximum atomic E-state index is 13.0. The number of anilines is 3. The van der Waals surface area contributed by atoms with Gasteiger partial charge >= 0.3 is 5.97 Å². The van der Waals surface area contributed by atoms with Gasteiger partial charge in [-0.05, 0) is 31.2 Å². The summed E-state index contributed by atoms with van der Waals surface area (Å²) in [5.41, 5.74) is 13.2. The minimum absolute atomic E-state index is 0.0392. The van der Waals surface area contributed by atoms with Crippen molar-refractivity contribution in [1.29, 1.82) is 10.5 Å². The minimum Gasteiger partial charge on any atom is -0.461 e. The first kappa shape index (κ1) is 19.1. The van der Waals surface area contributed by atoms with Gasteiger partial charge in [0.25, 0.3) is 0 Å². The van der Waals surface area contributed by atoms with Crippen LogP contribution in [-0.4, -0.2) is 23.3 Å². The van der Waals surface area contributed by atoms with Crippen LogP contribution in [0.1, 0.15) is 23.7 Å². The largest absolute Gasteiger partial charge is 0.461 e. The number of ether oxygens (including phenoxy) is 1. The van der Waals surface area contributed by atoms with E-state index in [1.807, 2.05) is 0 Å². The van der Waals surface area contributed by atoms with Gasteiger partial charge in [-0.2, -0.15) is 15.6 Å². The molecule has 0 amide bonds. The van der Waals surface area contributed by atoms with Gasteiger partial charge in [-0.15, -0.1) is 0 Å². The third-order valence-corrected chi connectivity index (χ3v) is 3.32. The van der Waals surface area contributed by atoms with E-state index in [4.69, 9.17) is 21.5 Å². The second kappa shape index (κ2) is 8.27. The molecule has 1 aromatic carbocycles. The topological polar surface area (TPSA) is 163 Å². The van der Waals surface area contributed by atoms with Gasteiger partial charge in [-0.1, -0.05) is 0 Å². The molecule has 1 aromatic heterocycles. The first-order valence-electron chi connectivity index (χ1n) is 7.58. The van der Waals surface area contributed by atoms with Crippen molar-refractivity contribution in [2.75, 3.05) is 23.5 Å². The molecule has 0 radical (unpaired) electrons. The summed E-state index contributed by atoms with van der Waals surface area (Å²) in [5.74, 6) is -1.60. The number of hydrogen-bond acceptors (Lipinski definition) is 9. The fraction of sp³-hybridized carbons (Fsp3) is 0.118. The highest BCUT2D eigenvalue weighted by molar-refractivity contribution is 6.43. The fourth-order valence-corrected chi connectivity index (χ4v) is 2.06. The van der Waals surface area contributed by atoms with Crippen LogP contribution in [-0.2, 0) is 9.53 Å². The normalized spacial score (nSPS) is 10.6. The van der Waals surface area contributed by atoms with E-state index in [9.17, 15) is 14.4 Å². The number of benzene rings is 1. The molecule has 0 saturated carbocycles. The predicted molar refractivity (Wildman–Crippen MR) is 95.7 cm³/mol. The van der Waals surface area contributed by atoms with Crippen molar-refractivity contribution < 1.29 is 13.9 Å². The van der Waals surface area contributed by atoms with Crippen LogP contribution in [0.25, 0.3) is 0 Å². The maximum Gasteiger partial charge on any atom is 0.361 e. The number of hydrogen-bond donors (Lipinski definition) is 3. The van der Waals surface area contributed by atoms with E-state index < -0.39 is 11.8 Å². The SMILES string of the molecule is CCOC(=O)/C(=N/Nc1ccc(F)cc1)c1nc(N)c(C#N)c(N)c1C#N. The average molecular weight is 367 g/mol. The number of hydrazone groups is 1. The number of nitrogens with two attached hydrogens (primary N) is 2. The molecule has 0 bridgehead atoms. The van der Waals surface area contributed by atoms with Crippen LogP contribution in [0, 0.1) is 28.5 Å². The van der Waals surface area contributed by atoms with Gasteiger partial charge in [-0.3, -0.25) is 5.43 Å². The van der Waals surface area contributed by atoms with E-state index >= 15 is 0 Å². The number of rotatable bonds is 5. The lowest BCUT2D eigenvalue weighted by atomic mass is 10.0. The van der Waals surface area contributed by atoms with Gasteiger partial charge in [0.15, 0.2) is 5.71 Å². The number of nitriles is 2. The molecule has 0 atom stereocenters. The van der Waals surface area contributed by atoms with E-state index in [0.29, 0.717) is 5.69 Å². The predicted octanol–water partition coefficient (Wildman–Crippen LogP) is 1.51. The van der Waals surface area contributed by atoms with Crippen LogP contribution in [0.15, 0.2) is 29.4 Å². The van der Waals surface area contributed by atoms with Gasteiger partial charge < -0.3 is 16.2 Å². The zero-order valence-corrected chi connectivity index (χ0v) is 14.2. The summed E-state index contributed by atoms with van der Waals surface area (Å²) in [6, 6.07) is 8.71. The van der Waals surface area contributed by atoms with Crippen LogP contribution in [0.3, 0.4) is 0 Å². The van der Waals surface area contributed by atoms with Crippen LogP contribution in [0.5, 0.6) is 0 Å². The molecule has 0 fully saturated rings.